The van der Waals surface area contributed by atoms with E-state index in [0.29, 0.717) is 11.2 Å². The normalized spacial score (nSPS) is 10.3. The number of aromatic nitrogens is 4. The Morgan fingerprint density at radius 3 is 2.85 bits per heavy atom. The Bertz CT molecular complexity index is 863. The van der Waals surface area contributed by atoms with Gasteiger partial charge in [-0.1, -0.05) is 18.2 Å². The van der Waals surface area contributed by atoms with E-state index in [1.807, 2.05) is 12.1 Å². The third-order valence-electron chi connectivity index (χ3n) is 2.75. The van der Waals surface area contributed by atoms with E-state index in [1.54, 1.807) is 18.2 Å². The fraction of sp³-hybridized carbons (Fsp3) is 0. The van der Waals surface area contributed by atoms with E-state index in [2.05, 4.69) is 15.1 Å². The van der Waals surface area contributed by atoms with Gasteiger partial charge in [-0.15, -0.1) is 5.10 Å². The van der Waals surface area contributed by atoms with Gasteiger partial charge in [-0.25, -0.2) is 19.4 Å². The van der Waals surface area contributed by atoms with Crippen LogP contribution in [0.15, 0.2) is 36.7 Å². The van der Waals surface area contributed by atoms with E-state index >= 15 is 0 Å². The molecule has 7 heteroatoms. The summed E-state index contributed by atoms with van der Waals surface area (Å²) >= 11 is 0. The quantitative estimate of drug-likeness (QED) is 0.750. The summed E-state index contributed by atoms with van der Waals surface area (Å²) < 4.78 is 1.37. The first-order valence-electron chi connectivity index (χ1n) is 5.64. The maximum Gasteiger partial charge on any atom is 0.354 e. The third kappa shape index (κ3) is 1.85. The smallest absolute Gasteiger partial charge is 0.354 e. The zero-order valence-corrected chi connectivity index (χ0v) is 10.1. The highest BCUT2D eigenvalue weighted by Gasteiger charge is 2.13. The predicted octanol–water partition coefficient (Wildman–Crippen LogP) is 1.39. The van der Waals surface area contributed by atoms with Crippen LogP contribution in [0.25, 0.3) is 16.6 Å². The summed E-state index contributed by atoms with van der Waals surface area (Å²) in [6.07, 6.45) is 1.37. The minimum Gasteiger partial charge on any atom is -0.477 e. The first kappa shape index (κ1) is 11.8. The van der Waals surface area contributed by atoms with Gasteiger partial charge in [-0.2, -0.15) is 5.26 Å². The first-order valence-corrected chi connectivity index (χ1v) is 5.64. The fourth-order valence-corrected chi connectivity index (χ4v) is 1.89. The van der Waals surface area contributed by atoms with Gasteiger partial charge >= 0.3 is 5.97 Å². The number of benzene rings is 1. The van der Waals surface area contributed by atoms with Crippen molar-refractivity contribution in [3.63, 3.8) is 0 Å². The second kappa shape index (κ2) is 4.44. The molecular weight excluding hydrogens is 258 g/mol. The van der Waals surface area contributed by atoms with E-state index in [-0.39, 0.29) is 11.5 Å². The molecule has 1 aromatic carbocycles. The molecule has 0 radical (unpaired) electrons. The Morgan fingerprint density at radius 2 is 2.15 bits per heavy atom. The SMILES string of the molecule is N#Cc1ncn(-c2cc(C(=O)O)nc3ccccc23)n1. The molecule has 0 aliphatic heterocycles. The molecule has 2 aromatic heterocycles. The number of carboxylic acids is 1. The highest BCUT2D eigenvalue weighted by molar-refractivity contribution is 5.94. The Labute approximate surface area is 112 Å². The van der Waals surface area contributed by atoms with Crippen molar-refractivity contribution in [1.29, 1.82) is 5.26 Å². The van der Waals surface area contributed by atoms with Gasteiger partial charge in [0, 0.05) is 5.39 Å². The van der Waals surface area contributed by atoms with Gasteiger partial charge in [0.2, 0.25) is 0 Å². The maximum absolute atomic E-state index is 11.1. The predicted molar refractivity (Wildman–Crippen MR) is 68.3 cm³/mol. The molecule has 0 aliphatic rings. The summed E-state index contributed by atoms with van der Waals surface area (Å²) in [6.45, 7) is 0. The van der Waals surface area contributed by atoms with E-state index in [1.165, 1.54) is 17.1 Å². The molecule has 96 valence electrons. The minimum atomic E-state index is -1.13. The molecule has 3 rings (SSSR count). The first-order chi connectivity index (χ1) is 9.69. The fourth-order valence-electron chi connectivity index (χ4n) is 1.89. The van der Waals surface area contributed by atoms with Gasteiger partial charge in [0.25, 0.3) is 5.82 Å². The van der Waals surface area contributed by atoms with Gasteiger partial charge in [-0.05, 0) is 12.1 Å². The lowest BCUT2D eigenvalue weighted by Crippen LogP contribution is -2.05. The average Bonchev–Trinajstić information content (AvgIpc) is 2.94. The molecule has 0 unspecified atom stereocenters. The third-order valence-corrected chi connectivity index (χ3v) is 2.75. The lowest BCUT2D eigenvalue weighted by molar-refractivity contribution is 0.0691. The van der Waals surface area contributed by atoms with Gasteiger partial charge in [0.05, 0.1) is 11.2 Å². The second-order valence-corrected chi connectivity index (χ2v) is 3.97. The largest absolute Gasteiger partial charge is 0.477 e. The molecule has 2 heterocycles. The Morgan fingerprint density at radius 1 is 1.35 bits per heavy atom. The van der Waals surface area contributed by atoms with Crippen molar-refractivity contribution in [1.82, 2.24) is 19.7 Å². The number of para-hydroxylation sites is 1. The molecule has 1 N–H and O–H groups in total. The Hall–Kier alpha value is -3.27. The molecule has 0 bridgehead atoms. The van der Waals surface area contributed by atoms with Crippen LogP contribution in [0.1, 0.15) is 16.3 Å². The van der Waals surface area contributed by atoms with Crippen molar-refractivity contribution >= 4 is 16.9 Å². The number of carboxylic acid groups (broad SMARTS) is 1. The number of hydrogen-bond acceptors (Lipinski definition) is 5. The van der Waals surface area contributed by atoms with Crippen LogP contribution in [0.3, 0.4) is 0 Å². The van der Waals surface area contributed by atoms with Crippen molar-refractivity contribution in [2.45, 2.75) is 0 Å². The molecule has 0 aliphatic carbocycles. The standard InChI is InChI=1S/C13H7N5O2/c14-6-12-15-7-18(17-12)11-5-10(13(19)20)16-9-4-2-1-3-8(9)11/h1-5,7H,(H,19,20). The van der Waals surface area contributed by atoms with Crippen LogP contribution in [0, 0.1) is 11.3 Å². The van der Waals surface area contributed by atoms with Gasteiger partial charge in [0.1, 0.15) is 12.4 Å². The van der Waals surface area contributed by atoms with E-state index < -0.39 is 5.97 Å². The Kier molecular flexibility index (Phi) is 2.62. The molecule has 0 fully saturated rings. The highest BCUT2D eigenvalue weighted by Crippen LogP contribution is 2.21. The van der Waals surface area contributed by atoms with Crippen molar-refractivity contribution in [2.24, 2.45) is 0 Å². The number of nitriles is 1. The summed E-state index contributed by atoms with van der Waals surface area (Å²) in [6, 6.07) is 10.3. The van der Waals surface area contributed by atoms with E-state index in [4.69, 9.17) is 10.4 Å². The summed E-state index contributed by atoms with van der Waals surface area (Å²) in [4.78, 5) is 19.0. The Balaban J connectivity index is 2.32. The van der Waals surface area contributed by atoms with Crippen molar-refractivity contribution in [2.75, 3.05) is 0 Å². The topological polar surface area (TPSA) is 105 Å². The molecule has 7 nitrogen and oxygen atoms in total. The average molecular weight is 265 g/mol. The second-order valence-electron chi connectivity index (χ2n) is 3.97. The van der Waals surface area contributed by atoms with Crippen molar-refractivity contribution in [3.05, 3.63) is 48.2 Å². The lowest BCUT2D eigenvalue weighted by atomic mass is 10.1. The van der Waals surface area contributed by atoms with Crippen LogP contribution < -0.4 is 0 Å². The summed E-state index contributed by atoms with van der Waals surface area (Å²) in [7, 11) is 0. The van der Waals surface area contributed by atoms with Crippen LogP contribution in [-0.2, 0) is 0 Å². The maximum atomic E-state index is 11.1. The van der Waals surface area contributed by atoms with Crippen LogP contribution in [-0.4, -0.2) is 30.8 Å². The number of aromatic carboxylic acids is 1. The van der Waals surface area contributed by atoms with Gasteiger partial charge in [0.15, 0.2) is 5.69 Å². The minimum absolute atomic E-state index is 0.0165. The van der Waals surface area contributed by atoms with Gasteiger partial charge < -0.3 is 5.11 Å². The number of pyridine rings is 1. The van der Waals surface area contributed by atoms with E-state index in [9.17, 15) is 4.79 Å². The monoisotopic (exact) mass is 265 g/mol. The zero-order chi connectivity index (χ0) is 14.1. The molecule has 0 saturated carbocycles. The number of hydrogen-bond donors (Lipinski definition) is 1. The highest BCUT2D eigenvalue weighted by atomic mass is 16.4. The van der Waals surface area contributed by atoms with Gasteiger partial charge in [-0.3, -0.25) is 0 Å². The van der Waals surface area contributed by atoms with Crippen LogP contribution in [0.2, 0.25) is 0 Å². The summed E-state index contributed by atoms with van der Waals surface area (Å²) in [5, 5.41) is 22.6. The van der Waals surface area contributed by atoms with Crippen molar-refractivity contribution in [3.8, 4) is 11.8 Å². The number of rotatable bonds is 2. The molecular formula is C13H7N5O2. The van der Waals surface area contributed by atoms with Crippen LogP contribution >= 0.6 is 0 Å². The molecule has 0 spiro atoms. The number of fused-ring (bicyclic) bond motifs is 1. The molecule has 3 aromatic rings. The summed E-state index contributed by atoms with van der Waals surface area (Å²) in [5.41, 5.74) is 0.964. The number of carbonyl (C=O) groups is 1. The van der Waals surface area contributed by atoms with Crippen molar-refractivity contribution < 1.29 is 9.90 Å². The number of nitrogens with zero attached hydrogens (tertiary/aromatic N) is 5. The molecule has 0 saturated heterocycles. The molecule has 20 heavy (non-hydrogen) atoms. The van der Waals surface area contributed by atoms with Crippen LogP contribution in [0.5, 0.6) is 0 Å². The molecule has 0 amide bonds. The van der Waals surface area contributed by atoms with Crippen LogP contribution in [0.4, 0.5) is 0 Å². The summed E-state index contributed by atoms with van der Waals surface area (Å²) in [5.74, 6) is -1.11. The molecule has 0 atom stereocenters. The van der Waals surface area contributed by atoms with E-state index in [0.717, 1.165) is 5.39 Å². The lowest BCUT2D eigenvalue weighted by Gasteiger charge is -2.06. The zero-order valence-electron chi connectivity index (χ0n) is 10.1.